The Hall–Kier alpha value is -3.01. The van der Waals surface area contributed by atoms with E-state index in [4.69, 9.17) is 4.74 Å². The summed E-state index contributed by atoms with van der Waals surface area (Å²) in [5.41, 5.74) is 3.04. The molecule has 1 heterocycles. The van der Waals surface area contributed by atoms with Gasteiger partial charge in [-0.25, -0.2) is 0 Å². The lowest BCUT2D eigenvalue weighted by Crippen LogP contribution is -2.20. The van der Waals surface area contributed by atoms with Crippen molar-refractivity contribution in [1.29, 1.82) is 0 Å². The van der Waals surface area contributed by atoms with E-state index in [-0.39, 0.29) is 5.91 Å². The first-order valence-corrected chi connectivity index (χ1v) is 7.41. The third-order valence-corrected chi connectivity index (χ3v) is 3.64. The average Bonchev–Trinajstić information content (AvgIpc) is 3.01. The van der Waals surface area contributed by atoms with Crippen LogP contribution in [0.15, 0.2) is 60.8 Å². The van der Waals surface area contributed by atoms with Gasteiger partial charge >= 0.3 is 0 Å². The van der Waals surface area contributed by atoms with Crippen LogP contribution < -0.4 is 10.1 Å². The first-order valence-electron chi connectivity index (χ1n) is 7.41. The zero-order valence-corrected chi connectivity index (χ0v) is 12.9. The van der Waals surface area contributed by atoms with Gasteiger partial charge in [-0.2, -0.15) is 0 Å². The zero-order valence-electron chi connectivity index (χ0n) is 12.9. The molecule has 0 bridgehead atoms. The number of methoxy groups -OCH3 is 1. The van der Waals surface area contributed by atoms with Crippen molar-refractivity contribution in [3.05, 3.63) is 71.9 Å². The van der Waals surface area contributed by atoms with E-state index >= 15 is 0 Å². The predicted molar refractivity (Wildman–Crippen MR) is 92.2 cm³/mol. The third-order valence-electron chi connectivity index (χ3n) is 3.64. The van der Waals surface area contributed by atoms with Crippen LogP contribution in [-0.4, -0.2) is 18.0 Å². The summed E-state index contributed by atoms with van der Waals surface area (Å²) in [6, 6.07) is 15.6. The smallest absolute Gasteiger partial charge is 0.244 e. The summed E-state index contributed by atoms with van der Waals surface area (Å²) in [6.45, 7) is 0.520. The SMILES string of the molecule is COc1ccc2[nH]cc(/C=C/C(=O)NCc3ccccc3)c2c1. The van der Waals surface area contributed by atoms with Gasteiger partial charge in [-0.3, -0.25) is 4.79 Å². The number of nitrogens with one attached hydrogen (secondary N) is 2. The number of aromatic amines is 1. The molecule has 2 aromatic carbocycles. The van der Waals surface area contributed by atoms with Crippen molar-refractivity contribution in [3.63, 3.8) is 0 Å². The molecule has 0 radical (unpaired) electrons. The van der Waals surface area contributed by atoms with E-state index in [1.807, 2.05) is 54.7 Å². The van der Waals surface area contributed by atoms with Gasteiger partial charge < -0.3 is 15.0 Å². The van der Waals surface area contributed by atoms with Crippen LogP contribution in [0.2, 0.25) is 0 Å². The normalized spacial score (nSPS) is 11.0. The van der Waals surface area contributed by atoms with E-state index < -0.39 is 0 Å². The summed E-state index contributed by atoms with van der Waals surface area (Å²) in [6.07, 6.45) is 5.23. The van der Waals surface area contributed by atoms with Gasteiger partial charge in [0.2, 0.25) is 5.91 Å². The van der Waals surface area contributed by atoms with Crippen molar-refractivity contribution in [3.8, 4) is 5.75 Å². The van der Waals surface area contributed by atoms with Gasteiger partial charge in [0.25, 0.3) is 0 Å². The quantitative estimate of drug-likeness (QED) is 0.709. The van der Waals surface area contributed by atoms with Crippen LogP contribution in [-0.2, 0) is 11.3 Å². The second-order valence-electron chi connectivity index (χ2n) is 5.19. The summed E-state index contributed by atoms with van der Waals surface area (Å²) in [4.78, 5) is 15.1. The summed E-state index contributed by atoms with van der Waals surface area (Å²) >= 11 is 0. The maximum Gasteiger partial charge on any atom is 0.244 e. The molecule has 116 valence electrons. The molecule has 0 atom stereocenters. The lowest BCUT2D eigenvalue weighted by molar-refractivity contribution is -0.116. The fourth-order valence-corrected chi connectivity index (χ4v) is 2.40. The van der Waals surface area contributed by atoms with Crippen molar-refractivity contribution in [1.82, 2.24) is 10.3 Å². The summed E-state index contributed by atoms with van der Waals surface area (Å²) in [5, 5.41) is 3.90. The molecule has 1 aromatic heterocycles. The van der Waals surface area contributed by atoms with Crippen molar-refractivity contribution in [2.24, 2.45) is 0 Å². The van der Waals surface area contributed by atoms with E-state index in [9.17, 15) is 4.79 Å². The standard InChI is InChI=1S/C19H18N2O2/c1-23-16-8-9-18-17(11-16)15(13-20-18)7-10-19(22)21-12-14-5-3-2-4-6-14/h2-11,13,20H,12H2,1H3,(H,21,22)/b10-7+. The Kier molecular flexibility index (Phi) is 4.43. The number of ether oxygens (including phenoxy) is 1. The minimum absolute atomic E-state index is 0.119. The number of hydrogen-bond acceptors (Lipinski definition) is 2. The van der Waals surface area contributed by atoms with Crippen LogP contribution in [0.1, 0.15) is 11.1 Å². The van der Waals surface area contributed by atoms with Gasteiger partial charge in [0.05, 0.1) is 7.11 Å². The van der Waals surface area contributed by atoms with E-state index in [1.54, 1.807) is 19.3 Å². The molecule has 4 nitrogen and oxygen atoms in total. The van der Waals surface area contributed by atoms with Crippen molar-refractivity contribution in [2.45, 2.75) is 6.54 Å². The zero-order chi connectivity index (χ0) is 16.1. The molecule has 0 unspecified atom stereocenters. The number of carbonyl (C=O) groups is 1. The van der Waals surface area contributed by atoms with Crippen LogP contribution >= 0.6 is 0 Å². The first-order chi connectivity index (χ1) is 11.3. The maximum absolute atomic E-state index is 11.9. The molecule has 3 aromatic rings. The summed E-state index contributed by atoms with van der Waals surface area (Å²) in [5.74, 6) is 0.673. The second kappa shape index (κ2) is 6.83. The Morgan fingerprint density at radius 3 is 2.83 bits per heavy atom. The maximum atomic E-state index is 11.9. The highest BCUT2D eigenvalue weighted by atomic mass is 16.5. The number of H-pyrrole nitrogens is 1. The highest BCUT2D eigenvalue weighted by Crippen LogP contribution is 2.24. The molecular weight excluding hydrogens is 288 g/mol. The van der Waals surface area contributed by atoms with Gasteiger partial charge in [0, 0.05) is 35.3 Å². The highest BCUT2D eigenvalue weighted by Gasteiger charge is 2.03. The second-order valence-corrected chi connectivity index (χ2v) is 5.19. The Labute approximate surface area is 134 Å². The molecule has 0 saturated heterocycles. The molecule has 0 aliphatic carbocycles. The van der Waals surface area contributed by atoms with Gasteiger partial charge in [0.1, 0.15) is 5.75 Å². The Balaban J connectivity index is 1.68. The average molecular weight is 306 g/mol. The number of amides is 1. The van der Waals surface area contributed by atoms with Crippen molar-refractivity contribution >= 4 is 22.9 Å². The molecule has 0 saturated carbocycles. The van der Waals surface area contributed by atoms with E-state index in [0.29, 0.717) is 6.54 Å². The molecule has 23 heavy (non-hydrogen) atoms. The molecule has 3 rings (SSSR count). The Morgan fingerprint density at radius 1 is 1.22 bits per heavy atom. The fraction of sp³-hybridized carbons (Fsp3) is 0.105. The van der Waals surface area contributed by atoms with Gasteiger partial charge in [-0.05, 0) is 29.8 Å². The molecule has 2 N–H and O–H groups in total. The highest BCUT2D eigenvalue weighted by molar-refractivity contribution is 5.96. The molecule has 0 fully saturated rings. The van der Waals surface area contributed by atoms with Crippen LogP contribution in [0, 0.1) is 0 Å². The molecule has 0 spiro atoms. The van der Waals surface area contributed by atoms with E-state index in [0.717, 1.165) is 27.8 Å². The summed E-state index contributed by atoms with van der Waals surface area (Å²) < 4.78 is 5.24. The topological polar surface area (TPSA) is 54.1 Å². The number of benzene rings is 2. The van der Waals surface area contributed by atoms with Gasteiger partial charge in [-0.15, -0.1) is 0 Å². The van der Waals surface area contributed by atoms with Crippen LogP contribution in [0.3, 0.4) is 0 Å². The number of hydrogen-bond donors (Lipinski definition) is 2. The largest absolute Gasteiger partial charge is 0.497 e. The molecule has 1 amide bonds. The van der Waals surface area contributed by atoms with E-state index in [1.165, 1.54) is 0 Å². The van der Waals surface area contributed by atoms with Crippen LogP contribution in [0.4, 0.5) is 0 Å². The predicted octanol–water partition coefficient (Wildman–Crippen LogP) is 3.51. The first kappa shape index (κ1) is 14.9. The Morgan fingerprint density at radius 2 is 2.04 bits per heavy atom. The summed E-state index contributed by atoms with van der Waals surface area (Å²) in [7, 11) is 1.64. The number of aromatic nitrogens is 1. The molecule has 4 heteroatoms. The number of rotatable bonds is 5. The third kappa shape index (κ3) is 3.61. The Bertz CT molecular complexity index is 835. The number of fused-ring (bicyclic) bond motifs is 1. The lowest BCUT2D eigenvalue weighted by Gasteiger charge is -2.02. The monoisotopic (exact) mass is 306 g/mol. The molecule has 0 aliphatic heterocycles. The van der Waals surface area contributed by atoms with Crippen LogP contribution in [0.5, 0.6) is 5.75 Å². The van der Waals surface area contributed by atoms with Gasteiger partial charge in [-0.1, -0.05) is 30.3 Å². The number of carbonyl (C=O) groups excluding carboxylic acids is 1. The van der Waals surface area contributed by atoms with Crippen molar-refractivity contribution in [2.75, 3.05) is 7.11 Å². The molecular formula is C19H18N2O2. The van der Waals surface area contributed by atoms with E-state index in [2.05, 4.69) is 10.3 Å². The minimum Gasteiger partial charge on any atom is -0.497 e. The lowest BCUT2D eigenvalue weighted by atomic mass is 10.1. The van der Waals surface area contributed by atoms with Gasteiger partial charge in [0.15, 0.2) is 0 Å². The molecule has 0 aliphatic rings. The van der Waals surface area contributed by atoms with Crippen LogP contribution in [0.25, 0.3) is 17.0 Å². The fourth-order valence-electron chi connectivity index (χ4n) is 2.40. The minimum atomic E-state index is -0.119. The van der Waals surface area contributed by atoms with Crippen molar-refractivity contribution < 1.29 is 9.53 Å².